The highest BCUT2D eigenvalue weighted by Crippen LogP contribution is 2.47. The molecule has 2 aromatic rings. The highest BCUT2D eigenvalue weighted by molar-refractivity contribution is 6.06. The van der Waals surface area contributed by atoms with Crippen LogP contribution in [0.1, 0.15) is 42.4 Å². The highest BCUT2D eigenvalue weighted by atomic mass is 16.2. The van der Waals surface area contributed by atoms with E-state index in [9.17, 15) is 4.79 Å². The van der Waals surface area contributed by atoms with Gasteiger partial charge in [-0.3, -0.25) is 4.79 Å². The summed E-state index contributed by atoms with van der Waals surface area (Å²) in [5.41, 5.74) is 4.52. The van der Waals surface area contributed by atoms with Crippen LogP contribution in [0.3, 0.4) is 0 Å². The first-order chi connectivity index (χ1) is 12.1. The third-order valence-corrected chi connectivity index (χ3v) is 5.54. The zero-order valence-electron chi connectivity index (χ0n) is 14.3. The maximum Gasteiger partial charge on any atom is 0.235 e. The number of amides is 1. The minimum Gasteiger partial charge on any atom is -0.382 e. The summed E-state index contributed by atoms with van der Waals surface area (Å²) in [5, 5.41) is 15.7. The van der Waals surface area contributed by atoms with Crippen LogP contribution in [0.4, 0.5) is 11.4 Å². The Balaban J connectivity index is 1.50. The van der Waals surface area contributed by atoms with Crippen molar-refractivity contribution in [3.8, 4) is 6.07 Å². The van der Waals surface area contributed by atoms with Crippen molar-refractivity contribution in [2.75, 3.05) is 10.6 Å². The zero-order valence-corrected chi connectivity index (χ0v) is 14.3. The van der Waals surface area contributed by atoms with Crippen LogP contribution >= 0.6 is 0 Å². The van der Waals surface area contributed by atoms with Gasteiger partial charge in [0.25, 0.3) is 0 Å². The van der Waals surface area contributed by atoms with Gasteiger partial charge in [0, 0.05) is 17.4 Å². The van der Waals surface area contributed by atoms with E-state index in [1.54, 1.807) is 0 Å². The number of nitrogens with one attached hydrogen (secondary N) is 2. The van der Waals surface area contributed by atoms with E-state index in [0.717, 1.165) is 48.2 Å². The molecule has 0 aromatic heterocycles. The molecule has 1 spiro atoms. The van der Waals surface area contributed by atoms with Gasteiger partial charge in [0.05, 0.1) is 17.0 Å². The number of benzene rings is 2. The summed E-state index contributed by atoms with van der Waals surface area (Å²) in [7, 11) is 0. The number of hydrogen-bond donors (Lipinski definition) is 2. The van der Waals surface area contributed by atoms with Gasteiger partial charge in [0.1, 0.15) is 0 Å². The molecule has 1 amide bonds. The Morgan fingerprint density at radius 2 is 1.96 bits per heavy atom. The number of nitriles is 1. The lowest BCUT2D eigenvalue weighted by atomic mass is 9.69. The number of fused-ring (bicyclic) bond motifs is 2. The van der Waals surface area contributed by atoms with Crippen LogP contribution in [-0.2, 0) is 10.2 Å². The molecule has 1 fully saturated rings. The van der Waals surface area contributed by atoms with Crippen LogP contribution in [0, 0.1) is 18.3 Å². The largest absolute Gasteiger partial charge is 0.382 e. The SMILES string of the molecule is Cc1cc(C#N)cc(NC2CCC3(CC2)C(=O)Nc2ccccc23)c1. The lowest BCUT2D eigenvalue weighted by molar-refractivity contribution is -0.122. The van der Waals surface area contributed by atoms with E-state index in [1.807, 2.05) is 37.3 Å². The predicted molar refractivity (Wildman–Crippen MR) is 98.5 cm³/mol. The fourth-order valence-corrected chi connectivity index (χ4v) is 4.29. The number of carbonyl (C=O) groups is 1. The molecule has 0 saturated heterocycles. The molecule has 126 valence electrons. The lowest BCUT2D eigenvalue weighted by Gasteiger charge is -2.36. The summed E-state index contributed by atoms with van der Waals surface area (Å²) in [4.78, 5) is 12.6. The smallest absolute Gasteiger partial charge is 0.235 e. The lowest BCUT2D eigenvalue weighted by Crippen LogP contribution is -2.41. The van der Waals surface area contributed by atoms with Gasteiger partial charge in [-0.05, 0) is 68.0 Å². The third-order valence-electron chi connectivity index (χ3n) is 5.54. The number of carbonyl (C=O) groups excluding carboxylic acids is 1. The second kappa shape index (κ2) is 5.93. The van der Waals surface area contributed by atoms with Crippen LogP contribution in [0.15, 0.2) is 42.5 Å². The average Bonchev–Trinajstić information content (AvgIpc) is 2.88. The Morgan fingerprint density at radius 1 is 1.20 bits per heavy atom. The molecule has 1 saturated carbocycles. The number of nitrogens with zero attached hydrogens (tertiary/aromatic N) is 1. The molecule has 0 unspecified atom stereocenters. The molecule has 0 radical (unpaired) electrons. The number of rotatable bonds is 2. The second-order valence-corrected chi connectivity index (χ2v) is 7.20. The molecule has 1 aliphatic carbocycles. The van der Waals surface area contributed by atoms with E-state index in [1.165, 1.54) is 0 Å². The van der Waals surface area contributed by atoms with Crippen molar-refractivity contribution in [3.05, 3.63) is 59.2 Å². The van der Waals surface area contributed by atoms with Gasteiger partial charge in [0.15, 0.2) is 0 Å². The van der Waals surface area contributed by atoms with Crippen molar-refractivity contribution in [1.82, 2.24) is 0 Å². The number of aryl methyl sites for hydroxylation is 1. The quantitative estimate of drug-likeness (QED) is 0.870. The van der Waals surface area contributed by atoms with Crippen molar-refractivity contribution in [2.45, 2.75) is 44.1 Å². The standard InChI is InChI=1S/C21H21N3O/c1-14-10-15(13-22)12-17(11-14)23-16-6-8-21(9-7-16)18-4-2-3-5-19(18)24-20(21)25/h2-5,10-12,16,23H,6-9H2,1H3,(H,24,25). The number of anilines is 2. The Kier molecular flexibility index (Phi) is 3.73. The van der Waals surface area contributed by atoms with Gasteiger partial charge in [-0.15, -0.1) is 0 Å². The molecule has 0 atom stereocenters. The molecular weight excluding hydrogens is 310 g/mol. The van der Waals surface area contributed by atoms with Crippen molar-refractivity contribution >= 4 is 17.3 Å². The maximum atomic E-state index is 12.6. The van der Waals surface area contributed by atoms with E-state index < -0.39 is 0 Å². The molecule has 2 N–H and O–H groups in total. The number of para-hydroxylation sites is 1. The van der Waals surface area contributed by atoms with Gasteiger partial charge >= 0.3 is 0 Å². The molecule has 1 heterocycles. The summed E-state index contributed by atoms with van der Waals surface area (Å²) in [6.07, 6.45) is 3.59. The van der Waals surface area contributed by atoms with Gasteiger partial charge in [-0.25, -0.2) is 0 Å². The first-order valence-electron chi connectivity index (χ1n) is 8.80. The molecule has 4 heteroatoms. The first-order valence-corrected chi connectivity index (χ1v) is 8.80. The summed E-state index contributed by atoms with van der Waals surface area (Å²) in [6.45, 7) is 2.00. The van der Waals surface area contributed by atoms with Crippen molar-refractivity contribution in [1.29, 1.82) is 5.26 Å². The molecule has 1 aliphatic heterocycles. The zero-order chi connectivity index (χ0) is 17.4. The fraction of sp³-hybridized carbons (Fsp3) is 0.333. The summed E-state index contributed by atoms with van der Waals surface area (Å²) in [6, 6.07) is 16.5. The molecule has 25 heavy (non-hydrogen) atoms. The third kappa shape index (κ3) is 2.66. The maximum absolute atomic E-state index is 12.6. The summed E-state index contributed by atoms with van der Waals surface area (Å²) < 4.78 is 0. The predicted octanol–water partition coefficient (Wildman–Crippen LogP) is 4.11. The van der Waals surface area contributed by atoms with Crippen molar-refractivity contribution in [2.24, 2.45) is 0 Å². The highest BCUT2D eigenvalue weighted by Gasteiger charge is 2.48. The molecule has 4 rings (SSSR count). The van der Waals surface area contributed by atoms with Crippen LogP contribution in [-0.4, -0.2) is 11.9 Å². The second-order valence-electron chi connectivity index (χ2n) is 7.20. The molecular formula is C21H21N3O. The van der Waals surface area contributed by atoms with Crippen molar-refractivity contribution in [3.63, 3.8) is 0 Å². The Morgan fingerprint density at radius 3 is 2.72 bits per heavy atom. The van der Waals surface area contributed by atoms with Gasteiger partial charge < -0.3 is 10.6 Å². The Labute approximate surface area is 147 Å². The Hall–Kier alpha value is -2.80. The van der Waals surface area contributed by atoms with E-state index in [0.29, 0.717) is 11.6 Å². The molecule has 2 aliphatic rings. The topological polar surface area (TPSA) is 64.9 Å². The van der Waals surface area contributed by atoms with E-state index in [4.69, 9.17) is 5.26 Å². The average molecular weight is 331 g/mol. The van der Waals surface area contributed by atoms with Crippen LogP contribution in [0.5, 0.6) is 0 Å². The van der Waals surface area contributed by atoms with Crippen LogP contribution in [0.25, 0.3) is 0 Å². The minimum absolute atomic E-state index is 0.148. The van der Waals surface area contributed by atoms with Crippen molar-refractivity contribution < 1.29 is 4.79 Å². The van der Waals surface area contributed by atoms with Crippen LogP contribution < -0.4 is 10.6 Å². The molecule has 2 aromatic carbocycles. The van der Waals surface area contributed by atoms with E-state index in [2.05, 4.69) is 28.8 Å². The first kappa shape index (κ1) is 15.7. The van der Waals surface area contributed by atoms with E-state index in [-0.39, 0.29) is 11.3 Å². The minimum atomic E-state index is -0.362. The van der Waals surface area contributed by atoms with Crippen LogP contribution in [0.2, 0.25) is 0 Å². The molecule has 0 bridgehead atoms. The number of hydrogen-bond acceptors (Lipinski definition) is 3. The summed E-state index contributed by atoms with van der Waals surface area (Å²) >= 11 is 0. The fourth-order valence-electron chi connectivity index (χ4n) is 4.29. The van der Waals surface area contributed by atoms with Gasteiger partial charge in [-0.1, -0.05) is 18.2 Å². The van der Waals surface area contributed by atoms with Gasteiger partial charge in [0.2, 0.25) is 5.91 Å². The monoisotopic (exact) mass is 331 g/mol. The summed E-state index contributed by atoms with van der Waals surface area (Å²) in [5.74, 6) is 0.148. The van der Waals surface area contributed by atoms with Gasteiger partial charge in [-0.2, -0.15) is 5.26 Å². The molecule has 4 nitrogen and oxygen atoms in total. The normalized spacial score (nSPS) is 24.5. The Bertz CT molecular complexity index is 873. The van der Waals surface area contributed by atoms with E-state index >= 15 is 0 Å².